The highest BCUT2D eigenvalue weighted by atomic mass is 35.5. The van der Waals surface area contributed by atoms with Crippen LogP contribution >= 0.6 is 11.6 Å². The Hall–Kier alpha value is -2.85. The van der Waals surface area contributed by atoms with Crippen molar-refractivity contribution < 1.29 is 22.9 Å². The monoisotopic (exact) mass is 481 g/mol. The number of non-ortho nitro benzene ring substituents is 1. The molecule has 0 atom stereocenters. The van der Waals surface area contributed by atoms with E-state index in [2.05, 4.69) is 0 Å². The van der Waals surface area contributed by atoms with Crippen molar-refractivity contribution in [2.24, 2.45) is 0 Å². The van der Waals surface area contributed by atoms with Gasteiger partial charge >= 0.3 is 0 Å². The Morgan fingerprint density at radius 2 is 1.78 bits per heavy atom. The summed E-state index contributed by atoms with van der Waals surface area (Å²) in [6, 6.07) is 8.59. The third-order valence-electron chi connectivity index (χ3n) is 5.02. The molecule has 0 radical (unpaired) electrons. The number of hydrogen-bond donors (Lipinski definition) is 0. The van der Waals surface area contributed by atoms with Crippen molar-refractivity contribution in [3.63, 3.8) is 0 Å². The molecular weight excluding hydrogens is 458 g/mol. The number of benzene rings is 2. The van der Waals surface area contributed by atoms with Crippen LogP contribution in [0.25, 0.3) is 0 Å². The van der Waals surface area contributed by atoms with Gasteiger partial charge in [0.2, 0.25) is 0 Å². The Labute approximate surface area is 191 Å². The van der Waals surface area contributed by atoms with Crippen molar-refractivity contribution in [1.82, 2.24) is 4.90 Å². The Kier molecular flexibility index (Phi) is 6.94. The second-order valence-electron chi connectivity index (χ2n) is 7.77. The third kappa shape index (κ3) is 5.31. The number of carbonyl (C=O) groups is 1. The Bertz CT molecular complexity index is 1140. The molecule has 1 aliphatic heterocycles. The van der Waals surface area contributed by atoms with Crippen molar-refractivity contribution in [2.45, 2.75) is 24.8 Å². The van der Waals surface area contributed by atoms with Gasteiger partial charge in [0.25, 0.3) is 11.6 Å². The van der Waals surface area contributed by atoms with Crippen LogP contribution in [0, 0.1) is 10.1 Å². The topological polar surface area (TPSA) is 110 Å². The van der Waals surface area contributed by atoms with Gasteiger partial charge < -0.3 is 14.5 Å². The lowest BCUT2D eigenvalue weighted by atomic mass is 10.1. The molecule has 0 saturated carbocycles. The summed E-state index contributed by atoms with van der Waals surface area (Å²) in [6.45, 7) is 5.33. The van der Waals surface area contributed by atoms with Gasteiger partial charge in [0.1, 0.15) is 5.75 Å². The van der Waals surface area contributed by atoms with Crippen molar-refractivity contribution >= 4 is 38.7 Å². The maximum Gasteiger partial charge on any atom is 0.271 e. The average molecular weight is 482 g/mol. The van der Waals surface area contributed by atoms with Gasteiger partial charge in [-0.05, 0) is 38.1 Å². The minimum atomic E-state index is -3.49. The number of rotatable bonds is 6. The Morgan fingerprint density at radius 1 is 1.12 bits per heavy atom. The number of carbonyl (C=O) groups excluding carboxylic acids is 1. The van der Waals surface area contributed by atoms with E-state index in [0.29, 0.717) is 37.6 Å². The molecule has 1 fully saturated rings. The number of piperazine rings is 1. The molecule has 172 valence electrons. The molecule has 3 rings (SSSR count). The molecule has 2 aromatic carbocycles. The molecule has 0 aliphatic carbocycles. The molecule has 32 heavy (non-hydrogen) atoms. The molecule has 0 spiro atoms. The van der Waals surface area contributed by atoms with E-state index >= 15 is 0 Å². The van der Waals surface area contributed by atoms with Gasteiger partial charge in [-0.25, -0.2) is 8.42 Å². The second kappa shape index (κ2) is 9.33. The zero-order chi connectivity index (χ0) is 23.6. The van der Waals surface area contributed by atoms with E-state index in [9.17, 15) is 23.3 Å². The van der Waals surface area contributed by atoms with Gasteiger partial charge in [-0.1, -0.05) is 11.6 Å². The fraction of sp³-hybridized carbons (Fsp3) is 0.381. The number of halogens is 1. The van der Waals surface area contributed by atoms with Gasteiger partial charge in [-0.3, -0.25) is 14.9 Å². The fourth-order valence-corrected chi connectivity index (χ4v) is 4.39. The summed E-state index contributed by atoms with van der Waals surface area (Å²) < 4.78 is 29.7. The highest BCUT2D eigenvalue weighted by Crippen LogP contribution is 2.31. The maximum atomic E-state index is 13.2. The van der Waals surface area contributed by atoms with Gasteiger partial charge in [-0.15, -0.1) is 0 Å². The number of nitrogens with zero attached hydrogens (tertiary/aromatic N) is 3. The van der Waals surface area contributed by atoms with Gasteiger partial charge in [0.05, 0.1) is 32.2 Å². The zero-order valence-electron chi connectivity index (χ0n) is 17.9. The fourth-order valence-electron chi connectivity index (χ4n) is 3.45. The number of ether oxygens (including phenoxy) is 1. The van der Waals surface area contributed by atoms with Crippen LogP contribution in [0.4, 0.5) is 11.4 Å². The lowest BCUT2D eigenvalue weighted by Crippen LogP contribution is -2.49. The van der Waals surface area contributed by atoms with Crippen LogP contribution in [-0.2, 0) is 9.84 Å². The van der Waals surface area contributed by atoms with E-state index in [-0.39, 0.29) is 33.2 Å². The number of amides is 1. The lowest BCUT2D eigenvalue weighted by Gasteiger charge is -2.36. The first-order chi connectivity index (χ1) is 15.0. The van der Waals surface area contributed by atoms with E-state index < -0.39 is 14.8 Å². The van der Waals surface area contributed by atoms with E-state index in [1.165, 1.54) is 30.3 Å². The van der Waals surface area contributed by atoms with Crippen LogP contribution in [0.5, 0.6) is 5.75 Å². The van der Waals surface area contributed by atoms with Crippen LogP contribution in [-0.4, -0.2) is 62.7 Å². The molecule has 1 saturated heterocycles. The number of anilines is 1. The van der Waals surface area contributed by atoms with Crippen molar-refractivity contribution in [2.75, 3.05) is 37.3 Å². The molecule has 0 aromatic heterocycles. The van der Waals surface area contributed by atoms with E-state index in [1.54, 1.807) is 11.0 Å². The van der Waals surface area contributed by atoms with Crippen LogP contribution in [0.3, 0.4) is 0 Å². The van der Waals surface area contributed by atoms with Gasteiger partial charge in [-0.2, -0.15) is 0 Å². The Morgan fingerprint density at radius 3 is 2.31 bits per heavy atom. The molecule has 0 N–H and O–H groups in total. The highest BCUT2D eigenvalue weighted by molar-refractivity contribution is 7.90. The smallest absolute Gasteiger partial charge is 0.271 e. The third-order valence-corrected chi connectivity index (χ3v) is 6.43. The number of hydrogen-bond acceptors (Lipinski definition) is 7. The summed E-state index contributed by atoms with van der Waals surface area (Å²) in [6.07, 6.45) is 0.901. The molecule has 1 aliphatic rings. The molecule has 2 aromatic rings. The number of nitro groups is 1. The van der Waals surface area contributed by atoms with E-state index in [4.69, 9.17) is 16.3 Å². The summed E-state index contributed by atoms with van der Waals surface area (Å²) in [4.78, 5) is 27.3. The van der Waals surface area contributed by atoms with Crippen LogP contribution in [0.1, 0.15) is 24.2 Å². The van der Waals surface area contributed by atoms with Gasteiger partial charge in [0, 0.05) is 44.6 Å². The summed E-state index contributed by atoms with van der Waals surface area (Å²) in [5.41, 5.74) is 0.770. The number of sulfone groups is 1. The highest BCUT2D eigenvalue weighted by Gasteiger charge is 2.27. The number of nitro benzene ring substituents is 1. The quantitative estimate of drug-likeness (QED) is 0.459. The molecular formula is C21H24ClN3O6S. The standard InChI is InChI=1S/C21H24ClN3O6S/c1-14(2)31-20-7-5-16(32(3,29)30)13-17(20)21(26)24-10-8-23(9-11-24)19-6-4-15(25(27)28)12-18(19)22/h4-7,12-14H,8-11H2,1-3H3. The van der Waals surface area contributed by atoms with Crippen LogP contribution < -0.4 is 9.64 Å². The van der Waals surface area contributed by atoms with Crippen LogP contribution in [0.15, 0.2) is 41.3 Å². The minimum absolute atomic E-state index is 0.0493. The van der Waals surface area contributed by atoms with Crippen molar-refractivity contribution in [3.8, 4) is 5.75 Å². The predicted molar refractivity (Wildman–Crippen MR) is 122 cm³/mol. The molecule has 11 heteroatoms. The summed E-state index contributed by atoms with van der Waals surface area (Å²) >= 11 is 6.23. The first-order valence-electron chi connectivity index (χ1n) is 9.96. The summed E-state index contributed by atoms with van der Waals surface area (Å²) in [5.74, 6) is 0.0128. The van der Waals surface area contributed by atoms with Crippen LogP contribution in [0.2, 0.25) is 5.02 Å². The largest absolute Gasteiger partial charge is 0.490 e. The normalized spacial score (nSPS) is 14.5. The molecule has 0 bridgehead atoms. The molecule has 1 amide bonds. The van der Waals surface area contributed by atoms with Crippen molar-refractivity contribution in [1.29, 1.82) is 0 Å². The second-order valence-corrected chi connectivity index (χ2v) is 10.2. The first-order valence-corrected chi connectivity index (χ1v) is 12.2. The average Bonchev–Trinajstić information content (AvgIpc) is 2.72. The Balaban J connectivity index is 1.80. The van der Waals surface area contributed by atoms with E-state index in [1.807, 2.05) is 18.7 Å². The first kappa shape index (κ1) is 23.8. The van der Waals surface area contributed by atoms with Gasteiger partial charge in [0.15, 0.2) is 9.84 Å². The predicted octanol–water partition coefficient (Wildman–Crippen LogP) is 3.40. The molecule has 1 heterocycles. The zero-order valence-corrected chi connectivity index (χ0v) is 19.5. The molecule has 9 nitrogen and oxygen atoms in total. The summed E-state index contributed by atoms with van der Waals surface area (Å²) in [5, 5.41) is 11.2. The maximum absolute atomic E-state index is 13.2. The van der Waals surface area contributed by atoms with Crippen molar-refractivity contribution in [3.05, 3.63) is 57.1 Å². The minimum Gasteiger partial charge on any atom is -0.490 e. The molecule has 0 unspecified atom stereocenters. The summed E-state index contributed by atoms with van der Waals surface area (Å²) in [7, 11) is -3.49. The van der Waals surface area contributed by atoms with E-state index in [0.717, 1.165) is 6.26 Å². The SMILES string of the molecule is CC(C)Oc1ccc(S(C)(=O)=O)cc1C(=O)N1CCN(c2ccc([N+](=O)[O-])cc2Cl)CC1. The lowest BCUT2D eigenvalue weighted by molar-refractivity contribution is -0.384.